The van der Waals surface area contributed by atoms with Crippen LogP contribution in [-0.4, -0.2) is 67.3 Å². The molecule has 2 fully saturated rings. The predicted octanol–water partition coefficient (Wildman–Crippen LogP) is 1.14. The molecule has 1 saturated heterocycles. The number of hydrogen-bond donors (Lipinski definition) is 2. The zero-order valence-corrected chi connectivity index (χ0v) is 13.5. The van der Waals surface area contributed by atoms with Crippen molar-refractivity contribution in [2.45, 2.75) is 51.2 Å². The van der Waals surface area contributed by atoms with E-state index in [1.807, 2.05) is 0 Å². The summed E-state index contributed by atoms with van der Waals surface area (Å²) in [6.45, 7) is 6.09. The van der Waals surface area contributed by atoms with E-state index in [2.05, 4.69) is 30.8 Å². The minimum absolute atomic E-state index is 0.155. The first kappa shape index (κ1) is 16.2. The Morgan fingerprint density at radius 1 is 1.30 bits per heavy atom. The topological polar surface area (TPSA) is 52.7 Å². The van der Waals surface area contributed by atoms with Crippen LogP contribution in [0.5, 0.6) is 0 Å². The second kappa shape index (κ2) is 6.73. The number of rotatable bonds is 5. The summed E-state index contributed by atoms with van der Waals surface area (Å²) < 4.78 is 0. The van der Waals surface area contributed by atoms with Gasteiger partial charge in [0.05, 0.1) is 6.10 Å². The summed E-state index contributed by atoms with van der Waals surface area (Å²) in [5.74, 6) is 0.858. The molecule has 0 bridgehead atoms. The van der Waals surface area contributed by atoms with E-state index in [-0.39, 0.29) is 6.10 Å². The first-order chi connectivity index (χ1) is 9.44. The lowest BCUT2D eigenvalue weighted by Crippen LogP contribution is -2.48. The van der Waals surface area contributed by atoms with Gasteiger partial charge in [0.15, 0.2) is 0 Å². The molecule has 2 rings (SSSR count). The number of hydrogen-bond acceptors (Lipinski definition) is 4. The summed E-state index contributed by atoms with van der Waals surface area (Å²) in [5.41, 5.74) is 6.44. The third kappa shape index (κ3) is 3.94. The molecule has 1 aliphatic carbocycles. The van der Waals surface area contributed by atoms with Crippen molar-refractivity contribution in [2.75, 3.05) is 40.3 Å². The van der Waals surface area contributed by atoms with Gasteiger partial charge in [0, 0.05) is 25.7 Å². The molecule has 0 aromatic heterocycles. The van der Waals surface area contributed by atoms with Crippen LogP contribution in [0.25, 0.3) is 0 Å². The SMILES string of the molecule is CC1CCC(CN)(CN2CC(O)CC2CN(C)C)CC1. The van der Waals surface area contributed by atoms with Crippen LogP contribution in [0.3, 0.4) is 0 Å². The quantitative estimate of drug-likeness (QED) is 0.794. The number of likely N-dealkylation sites (tertiary alicyclic amines) is 1. The summed E-state index contributed by atoms with van der Waals surface area (Å²) in [4.78, 5) is 4.74. The zero-order valence-electron chi connectivity index (χ0n) is 13.5. The van der Waals surface area contributed by atoms with Gasteiger partial charge in [-0.3, -0.25) is 4.90 Å². The van der Waals surface area contributed by atoms with Gasteiger partial charge in [0.2, 0.25) is 0 Å². The maximum absolute atomic E-state index is 10.0. The number of nitrogens with two attached hydrogens (primary N) is 1. The summed E-state index contributed by atoms with van der Waals surface area (Å²) in [7, 11) is 4.23. The van der Waals surface area contributed by atoms with Crippen molar-refractivity contribution in [1.82, 2.24) is 9.80 Å². The molecule has 0 radical (unpaired) electrons. The average Bonchev–Trinajstić information content (AvgIpc) is 2.71. The Labute approximate surface area is 124 Å². The summed E-state index contributed by atoms with van der Waals surface area (Å²) in [6, 6.07) is 0.489. The lowest BCUT2D eigenvalue weighted by atomic mass is 9.70. The van der Waals surface area contributed by atoms with E-state index >= 15 is 0 Å². The highest BCUT2D eigenvalue weighted by Crippen LogP contribution is 2.40. The van der Waals surface area contributed by atoms with E-state index in [0.29, 0.717) is 11.5 Å². The molecule has 118 valence electrons. The minimum atomic E-state index is -0.155. The van der Waals surface area contributed by atoms with Crippen LogP contribution in [0, 0.1) is 11.3 Å². The van der Waals surface area contributed by atoms with Gasteiger partial charge < -0.3 is 15.7 Å². The van der Waals surface area contributed by atoms with Crippen LogP contribution in [0.2, 0.25) is 0 Å². The first-order valence-electron chi connectivity index (χ1n) is 8.21. The van der Waals surface area contributed by atoms with Crippen molar-refractivity contribution in [3.05, 3.63) is 0 Å². The number of nitrogens with zero attached hydrogens (tertiary/aromatic N) is 2. The molecular weight excluding hydrogens is 250 g/mol. The molecular formula is C16H33N3O. The molecule has 2 aliphatic rings. The van der Waals surface area contributed by atoms with Gasteiger partial charge in [-0.2, -0.15) is 0 Å². The third-order valence-corrected chi connectivity index (χ3v) is 5.39. The van der Waals surface area contributed by atoms with Gasteiger partial charge in [0.25, 0.3) is 0 Å². The van der Waals surface area contributed by atoms with Crippen molar-refractivity contribution in [1.29, 1.82) is 0 Å². The minimum Gasteiger partial charge on any atom is -0.392 e. The van der Waals surface area contributed by atoms with Crippen molar-refractivity contribution < 1.29 is 5.11 Å². The Morgan fingerprint density at radius 3 is 2.50 bits per heavy atom. The Bertz CT molecular complexity index is 300. The normalized spacial score (nSPS) is 39.6. The fourth-order valence-electron chi connectivity index (χ4n) is 3.99. The number of likely N-dealkylation sites (N-methyl/N-ethyl adjacent to an activating group) is 1. The van der Waals surface area contributed by atoms with Gasteiger partial charge in [-0.15, -0.1) is 0 Å². The highest BCUT2D eigenvalue weighted by atomic mass is 16.3. The van der Waals surface area contributed by atoms with E-state index in [1.165, 1.54) is 25.7 Å². The first-order valence-corrected chi connectivity index (χ1v) is 8.21. The highest BCUT2D eigenvalue weighted by molar-refractivity contribution is 4.94. The van der Waals surface area contributed by atoms with Gasteiger partial charge in [-0.1, -0.05) is 19.8 Å². The summed E-state index contributed by atoms with van der Waals surface area (Å²) in [5, 5.41) is 10.0. The van der Waals surface area contributed by atoms with Crippen molar-refractivity contribution in [2.24, 2.45) is 17.1 Å². The van der Waals surface area contributed by atoms with Crippen LogP contribution in [0.1, 0.15) is 39.0 Å². The number of β-amino-alcohol motifs (C(OH)–C–C–N with tert-alkyl or cyclic N) is 1. The average molecular weight is 283 g/mol. The Morgan fingerprint density at radius 2 is 1.95 bits per heavy atom. The molecule has 0 amide bonds. The summed E-state index contributed by atoms with van der Waals surface area (Å²) in [6.07, 6.45) is 5.89. The smallest absolute Gasteiger partial charge is 0.0682 e. The second-order valence-electron chi connectivity index (χ2n) is 7.62. The molecule has 2 unspecified atom stereocenters. The maximum Gasteiger partial charge on any atom is 0.0682 e. The molecule has 20 heavy (non-hydrogen) atoms. The van der Waals surface area contributed by atoms with E-state index in [9.17, 15) is 5.11 Å². The lowest BCUT2D eigenvalue weighted by Gasteiger charge is -2.43. The van der Waals surface area contributed by atoms with E-state index in [4.69, 9.17) is 5.73 Å². The van der Waals surface area contributed by atoms with Gasteiger partial charge >= 0.3 is 0 Å². The molecule has 4 nitrogen and oxygen atoms in total. The zero-order chi connectivity index (χ0) is 14.8. The number of aliphatic hydroxyl groups is 1. The van der Waals surface area contributed by atoms with Gasteiger partial charge in [0.1, 0.15) is 0 Å². The molecule has 0 aromatic carbocycles. The van der Waals surface area contributed by atoms with Crippen molar-refractivity contribution in [3.8, 4) is 0 Å². The van der Waals surface area contributed by atoms with Gasteiger partial charge in [-0.05, 0) is 51.2 Å². The highest BCUT2D eigenvalue weighted by Gasteiger charge is 2.39. The molecule has 0 aromatic rings. The van der Waals surface area contributed by atoms with Gasteiger partial charge in [-0.25, -0.2) is 0 Å². The molecule has 1 aliphatic heterocycles. The van der Waals surface area contributed by atoms with Crippen LogP contribution >= 0.6 is 0 Å². The number of aliphatic hydroxyl groups excluding tert-OH is 1. The summed E-state index contributed by atoms with van der Waals surface area (Å²) >= 11 is 0. The largest absolute Gasteiger partial charge is 0.392 e. The predicted molar refractivity (Wildman–Crippen MR) is 83.7 cm³/mol. The molecule has 3 N–H and O–H groups in total. The van der Waals surface area contributed by atoms with Crippen LogP contribution < -0.4 is 5.73 Å². The Kier molecular flexibility index (Phi) is 5.46. The van der Waals surface area contributed by atoms with Crippen LogP contribution in [0.15, 0.2) is 0 Å². The van der Waals surface area contributed by atoms with Crippen LogP contribution in [0.4, 0.5) is 0 Å². The van der Waals surface area contributed by atoms with E-state index in [0.717, 1.165) is 38.5 Å². The van der Waals surface area contributed by atoms with E-state index < -0.39 is 0 Å². The molecule has 0 spiro atoms. The molecule has 1 saturated carbocycles. The molecule has 1 heterocycles. The maximum atomic E-state index is 10.0. The van der Waals surface area contributed by atoms with Crippen molar-refractivity contribution >= 4 is 0 Å². The Hall–Kier alpha value is -0.160. The Balaban J connectivity index is 1.98. The lowest BCUT2D eigenvalue weighted by molar-refractivity contribution is 0.0758. The van der Waals surface area contributed by atoms with Crippen LogP contribution in [-0.2, 0) is 0 Å². The van der Waals surface area contributed by atoms with Crippen molar-refractivity contribution in [3.63, 3.8) is 0 Å². The molecule has 4 heteroatoms. The third-order valence-electron chi connectivity index (χ3n) is 5.39. The molecule has 2 atom stereocenters. The fraction of sp³-hybridized carbons (Fsp3) is 1.00. The van der Waals surface area contributed by atoms with E-state index in [1.54, 1.807) is 0 Å². The monoisotopic (exact) mass is 283 g/mol. The standard InChI is InChI=1S/C16H33N3O/c1-13-4-6-16(11-17,7-5-13)12-19-10-15(20)8-14(19)9-18(2)3/h13-15,20H,4-12,17H2,1-3H3. The second-order valence-corrected chi connectivity index (χ2v) is 7.62. The fourth-order valence-corrected chi connectivity index (χ4v) is 3.99.